The largest absolute Gasteiger partial charge is 0.478 e. The molecule has 0 bridgehead atoms. The van der Waals surface area contributed by atoms with Crippen molar-refractivity contribution < 1.29 is 19.1 Å². The third-order valence-electron chi connectivity index (χ3n) is 3.79. The highest BCUT2D eigenvalue weighted by molar-refractivity contribution is 6.33. The third kappa shape index (κ3) is 4.29. The van der Waals surface area contributed by atoms with Gasteiger partial charge >= 0.3 is 5.97 Å². The van der Waals surface area contributed by atoms with Crippen LogP contribution >= 0.6 is 11.6 Å². The van der Waals surface area contributed by atoms with E-state index in [9.17, 15) is 14.9 Å². The van der Waals surface area contributed by atoms with Crippen molar-refractivity contribution in [2.45, 2.75) is 0 Å². The van der Waals surface area contributed by atoms with Crippen LogP contribution in [0.15, 0.2) is 70.7 Å². The van der Waals surface area contributed by atoms with E-state index in [1.165, 1.54) is 24.3 Å². The molecule has 0 aliphatic heterocycles. The Labute approximate surface area is 165 Å². The maximum atomic E-state index is 12.3. The number of furan rings is 1. The second kappa shape index (κ2) is 8.25. The molecule has 0 aliphatic carbocycles. The molecule has 7 heteroatoms. The quantitative estimate of drug-likeness (QED) is 0.477. The minimum atomic E-state index is -1.09. The molecule has 1 heterocycles. The maximum Gasteiger partial charge on any atom is 0.335 e. The van der Waals surface area contributed by atoms with E-state index in [1.807, 2.05) is 12.1 Å². The number of carbonyl (C=O) groups is 2. The predicted octanol–water partition coefficient (Wildman–Crippen LogP) is 4.84. The van der Waals surface area contributed by atoms with E-state index < -0.39 is 11.9 Å². The molecular weight excluding hydrogens is 380 g/mol. The van der Waals surface area contributed by atoms with Crippen molar-refractivity contribution in [3.05, 3.63) is 82.6 Å². The molecule has 138 valence electrons. The number of hydrogen-bond acceptors (Lipinski definition) is 4. The van der Waals surface area contributed by atoms with Gasteiger partial charge in [0.1, 0.15) is 23.2 Å². The standard InChI is InChI=1S/C21H13ClN2O4/c22-18-8-6-13(21(26)27)11-17(18)19-9-7-16(28-19)10-14(12-23)20(25)24-15-4-2-1-3-5-15/h1-11H,(H,24,25)(H,26,27). The topological polar surface area (TPSA) is 103 Å². The van der Waals surface area contributed by atoms with Gasteiger partial charge in [-0.2, -0.15) is 5.26 Å². The lowest BCUT2D eigenvalue weighted by molar-refractivity contribution is -0.112. The molecule has 2 N–H and O–H groups in total. The van der Waals surface area contributed by atoms with E-state index in [-0.39, 0.29) is 16.9 Å². The molecule has 0 fully saturated rings. The maximum absolute atomic E-state index is 12.3. The number of carboxylic acids is 1. The second-order valence-corrected chi connectivity index (χ2v) is 6.10. The van der Waals surface area contributed by atoms with Gasteiger partial charge in [0.2, 0.25) is 0 Å². The molecule has 0 aliphatic rings. The van der Waals surface area contributed by atoms with E-state index in [1.54, 1.807) is 36.4 Å². The molecule has 3 aromatic rings. The van der Waals surface area contributed by atoms with Gasteiger partial charge in [-0.05, 0) is 42.5 Å². The molecular formula is C21H13ClN2O4. The minimum Gasteiger partial charge on any atom is -0.478 e. The Balaban J connectivity index is 1.87. The first-order valence-corrected chi connectivity index (χ1v) is 8.47. The highest BCUT2D eigenvalue weighted by Crippen LogP contribution is 2.31. The summed E-state index contributed by atoms with van der Waals surface area (Å²) in [4.78, 5) is 23.4. The number of carbonyl (C=O) groups excluding carboxylic acids is 1. The predicted molar refractivity (Wildman–Crippen MR) is 105 cm³/mol. The molecule has 0 atom stereocenters. The van der Waals surface area contributed by atoms with E-state index in [0.29, 0.717) is 22.0 Å². The van der Waals surface area contributed by atoms with Crippen LogP contribution in [0, 0.1) is 11.3 Å². The monoisotopic (exact) mass is 392 g/mol. The Morgan fingerprint density at radius 1 is 1.11 bits per heavy atom. The summed E-state index contributed by atoms with van der Waals surface area (Å²) >= 11 is 6.13. The molecule has 0 saturated carbocycles. The van der Waals surface area contributed by atoms with Crippen LogP contribution in [0.2, 0.25) is 5.02 Å². The van der Waals surface area contributed by atoms with Gasteiger partial charge in [0.25, 0.3) is 5.91 Å². The molecule has 0 radical (unpaired) electrons. The molecule has 0 spiro atoms. The summed E-state index contributed by atoms with van der Waals surface area (Å²) in [6.45, 7) is 0. The summed E-state index contributed by atoms with van der Waals surface area (Å²) in [5.74, 6) is -1.09. The van der Waals surface area contributed by atoms with Crippen molar-refractivity contribution in [2.75, 3.05) is 5.32 Å². The summed E-state index contributed by atoms with van der Waals surface area (Å²) in [5, 5.41) is 21.4. The number of anilines is 1. The Morgan fingerprint density at radius 3 is 2.54 bits per heavy atom. The number of nitriles is 1. The molecule has 3 rings (SSSR count). The number of halogens is 1. The number of amides is 1. The Morgan fingerprint density at radius 2 is 1.86 bits per heavy atom. The van der Waals surface area contributed by atoms with E-state index in [4.69, 9.17) is 21.1 Å². The van der Waals surface area contributed by atoms with Gasteiger partial charge in [-0.3, -0.25) is 4.79 Å². The fraction of sp³-hybridized carbons (Fsp3) is 0. The smallest absolute Gasteiger partial charge is 0.335 e. The first kappa shape index (κ1) is 19.0. The van der Waals surface area contributed by atoms with Crippen LogP contribution in [0.25, 0.3) is 17.4 Å². The summed E-state index contributed by atoms with van der Waals surface area (Å²) in [6, 6.07) is 18.0. The van der Waals surface area contributed by atoms with E-state index in [2.05, 4.69) is 5.32 Å². The van der Waals surface area contributed by atoms with Gasteiger partial charge in [-0.15, -0.1) is 0 Å². The summed E-state index contributed by atoms with van der Waals surface area (Å²) in [6.07, 6.45) is 1.30. The van der Waals surface area contributed by atoms with Crippen LogP contribution in [-0.4, -0.2) is 17.0 Å². The van der Waals surface area contributed by atoms with Crippen LogP contribution in [-0.2, 0) is 4.79 Å². The first-order chi connectivity index (χ1) is 13.5. The molecule has 2 aromatic carbocycles. The van der Waals surface area contributed by atoms with Gasteiger partial charge in [-0.1, -0.05) is 29.8 Å². The fourth-order valence-electron chi connectivity index (χ4n) is 2.43. The molecule has 28 heavy (non-hydrogen) atoms. The van der Waals surface area contributed by atoms with Gasteiger partial charge in [0.15, 0.2) is 0 Å². The Hall–Kier alpha value is -3.82. The number of carboxylic acid groups (broad SMARTS) is 1. The van der Waals surface area contributed by atoms with Crippen LogP contribution in [0.1, 0.15) is 16.1 Å². The zero-order valence-corrected chi connectivity index (χ0v) is 15.1. The average molecular weight is 393 g/mol. The molecule has 0 unspecified atom stereocenters. The van der Waals surface area contributed by atoms with Crippen molar-refractivity contribution in [2.24, 2.45) is 0 Å². The van der Waals surface area contributed by atoms with Crippen molar-refractivity contribution in [1.82, 2.24) is 0 Å². The normalized spacial score (nSPS) is 10.9. The van der Waals surface area contributed by atoms with Crippen LogP contribution < -0.4 is 5.32 Å². The first-order valence-electron chi connectivity index (χ1n) is 8.09. The number of rotatable bonds is 5. The Kier molecular flexibility index (Phi) is 5.58. The number of nitrogens with zero attached hydrogens (tertiary/aromatic N) is 1. The number of para-hydroxylation sites is 1. The van der Waals surface area contributed by atoms with Gasteiger partial charge in [0, 0.05) is 17.3 Å². The summed E-state index contributed by atoms with van der Waals surface area (Å²) < 4.78 is 5.63. The fourth-order valence-corrected chi connectivity index (χ4v) is 2.64. The van der Waals surface area contributed by atoms with Crippen molar-refractivity contribution >= 4 is 35.2 Å². The summed E-state index contributed by atoms with van der Waals surface area (Å²) in [7, 11) is 0. The van der Waals surface area contributed by atoms with Crippen molar-refractivity contribution in [3.63, 3.8) is 0 Å². The zero-order valence-electron chi connectivity index (χ0n) is 14.3. The number of hydrogen-bond donors (Lipinski definition) is 2. The van der Waals surface area contributed by atoms with Crippen molar-refractivity contribution in [1.29, 1.82) is 5.26 Å². The molecule has 0 saturated heterocycles. The van der Waals surface area contributed by atoms with E-state index in [0.717, 1.165) is 0 Å². The average Bonchev–Trinajstić information content (AvgIpc) is 3.15. The van der Waals surface area contributed by atoms with Crippen LogP contribution in [0.5, 0.6) is 0 Å². The highest BCUT2D eigenvalue weighted by atomic mass is 35.5. The molecule has 1 aromatic heterocycles. The third-order valence-corrected chi connectivity index (χ3v) is 4.12. The second-order valence-electron chi connectivity index (χ2n) is 5.69. The SMILES string of the molecule is N#CC(=Cc1ccc(-c2cc(C(=O)O)ccc2Cl)o1)C(=O)Nc1ccccc1. The van der Waals surface area contributed by atoms with Gasteiger partial charge < -0.3 is 14.8 Å². The van der Waals surface area contributed by atoms with E-state index >= 15 is 0 Å². The van der Waals surface area contributed by atoms with Crippen LogP contribution in [0.4, 0.5) is 5.69 Å². The minimum absolute atomic E-state index is 0.0628. The van der Waals surface area contributed by atoms with Gasteiger partial charge in [0.05, 0.1) is 10.6 Å². The lowest BCUT2D eigenvalue weighted by Crippen LogP contribution is -2.13. The van der Waals surface area contributed by atoms with Crippen molar-refractivity contribution in [3.8, 4) is 17.4 Å². The number of nitrogens with one attached hydrogen (secondary N) is 1. The van der Waals surface area contributed by atoms with Gasteiger partial charge in [-0.25, -0.2) is 4.79 Å². The number of aromatic carboxylic acids is 1. The molecule has 1 amide bonds. The summed E-state index contributed by atoms with van der Waals surface area (Å²) in [5.41, 5.74) is 0.877. The lowest BCUT2D eigenvalue weighted by atomic mass is 10.1. The molecule has 6 nitrogen and oxygen atoms in total. The Bertz CT molecular complexity index is 1110. The highest BCUT2D eigenvalue weighted by Gasteiger charge is 2.14. The lowest BCUT2D eigenvalue weighted by Gasteiger charge is -2.03. The number of benzene rings is 2. The zero-order chi connectivity index (χ0) is 20.1. The van der Waals surface area contributed by atoms with Crippen LogP contribution in [0.3, 0.4) is 0 Å².